The Morgan fingerprint density at radius 3 is 2.52 bits per heavy atom. The summed E-state index contributed by atoms with van der Waals surface area (Å²) >= 11 is 0. The maximum atomic E-state index is 9.91. The first kappa shape index (κ1) is 21.0. The van der Waals surface area contributed by atoms with Gasteiger partial charge in [0.05, 0.1) is 6.61 Å². The normalized spacial score (nSPS) is 12.3. The van der Waals surface area contributed by atoms with Crippen LogP contribution >= 0.6 is 0 Å². The van der Waals surface area contributed by atoms with Crippen LogP contribution in [0.2, 0.25) is 0 Å². The molecular weight excluding hydrogens is 348 g/mol. The van der Waals surface area contributed by atoms with E-state index < -0.39 is 6.23 Å². The molecule has 5 N–H and O–H groups in total. The van der Waals surface area contributed by atoms with Crippen molar-refractivity contribution in [2.75, 3.05) is 13.2 Å². The second-order valence-electron chi connectivity index (χ2n) is 6.30. The predicted molar refractivity (Wildman–Crippen MR) is 102 cm³/mol. The topological polar surface area (TPSA) is 108 Å². The molecule has 7 heteroatoms. The van der Waals surface area contributed by atoms with Gasteiger partial charge in [0.1, 0.15) is 18.6 Å². The molecule has 1 atom stereocenters. The summed E-state index contributed by atoms with van der Waals surface area (Å²) in [6.07, 6.45) is 1.00. The van der Waals surface area contributed by atoms with Gasteiger partial charge in [-0.3, -0.25) is 4.84 Å². The molecule has 0 heterocycles. The van der Waals surface area contributed by atoms with Gasteiger partial charge >= 0.3 is 0 Å². The first-order valence-corrected chi connectivity index (χ1v) is 9.02. The first-order chi connectivity index (χ1) is 13.0. The van der Waals surface area contributed by atoms with Gasteiger partial charge in [0, 0.05) is 18.7 Å². The highest BCUT2D eigenvalue weighted by Crippen LogP contribution is 2.29. The molecule has 0 aliphatic carbocycles. The Hall–Kier alpha value is -2.32. The molecular formula is C20H28N2O5. The summed E-state index contributed by atoms with van der Waals surface area (Å²) in [6.45, 7) is 3.63. The third kappa shape index (κ3) is 7.07. The van der Waals surface area contributed by atoms with E-state index >= 15 is 0 Å². The van der Waals surface area contributed by atoms with Crippen LogP contribution in [0.1, 0.15) is 30.9 Å². The number of unbranched alkanes of at least 4 members (excludes halogenated alkanes) is 1. The number of hydrogen-bond acceptors (Lipinski definition) is 7. The maximum Gasteiger partial charge on any atom is 0.163 e. The zero-order valence-electron chi connectivity index (χ0n) is 15.5. The molecule has 27 heavy (non-hydrogen) atoms. The number of phenolic OH excluding ortho intramolecular Hbond substituents is 2. The Bertz CT molecular complexity index is 691. The minimum atomic E-state index is -1.00. The van der Waals surface area contributed by atoms with Crippen molar-refractivity contribution in [2.45, 2.75) is 39.1 Å². The largest absolute Gasteiger partial charge is 0.504 e. The Morgan fingerprint density at radius 2 is 1.85 bits per heavy atom. The van der Waals surface area contributed by atoms with Crippen LogP contribution in [0.5, 0.6) is 17.2 Å². The lowest BCUT2D eigenvalue weighted by Crippen LogP contribution is -2.26. The van der Waals surface area contributed by atoms with Gasteiger partial charge in [-0.1, -0.05) is 37.6 Å². The summed E-state index contributed by atoms with van der Waals surface area (Å²) < 4.78 is 5.35. The van der Waals surface area contributed by atoms with E-state index in [1.54, 1.807) is 12.1 Å². The van der Waals surface area contributed by atoms with E-state index in [0.717, 1.165) is 24.9 Å². The van der Waals surface area contributed by atoms with E-state index in [2.05, 4.69) is 6.92 Å². The Kier molecular flexibility index (Phi) is 8.35. The molecule has 0 bridgehead atoms. The van der Waals surface area contributed by atoms with E-state index in [1.807, 2.05) is 29.3 Å². The van der Waals surface area contributed by atoms with Crippen LogP contribution in [-0.4, -0.2) is 39.8 Å². The maximum absolute atomic E-state index is 9.91. The van der Waals surface area contributed by atoms with Crippen LogP contribution in [0.15, 0.2) is 42.5 Å². The summed E-state index contributed by atoms with van der Waals surface area (Å²) in [6, 6.07) is 12.3. The fourth-order valence-electron chi connectivity index (χ4n) is 2.46. The Labute approximate surface area is 159 Å². The highest BCUT2D eigenvalue weighted by molar-refractivity contribution is 5.43. The molecule has 0 aliphatic heterocycles. The molecule has 0 radical (unpaired) electrons. The van der Waals surface area contributed by atoms with Gasteiger partial charge in [0.25, 0.3) is 0 Å². The van der Waals surface area contributed by atoms with Crippen LogP contribution < -0.4 is 10.5 Å². The van der Waals surface area contributed by atoms with Crippen molar-refractivity contribution >= 4 is 0 Å². The molecule has 0 amide bonds. The number of aliphatic hydroxyl groups excluding tert-OH is 1. The van der Waals surface area contributed by atoms with Gasteiger partial charge in [0.15, 0.2) is 11.5 Å². The van der Waals surface area contributed by atoms with Crippen molar-refractivity contribution in [3.8, 4) is 17.2 Å². The minimum Gasteiger partial charge on any atom is -0.504 e. The van der Waals surface area contributed by atoms with E-state index in [0.29, 0.717) is 17.9 Å². The number of nitrogens with zero attached hydrogens (tertiary/aromatic N) is 1. The summed E-state index contributed by atoms with van der Waals surface area (Å²) in [7, 11) is 0. The lowest BCUT2D eigenvalue weighted by Gasteiger charge is -2.22. The smallest absolute Gasteiger partial charge is 0.163 e. The number of aliphatic hydroxyl groups is 1. The highest BCUT2D eigenvalue weighted by Gasteiger charge is 2.11. The Morgan fingerprint density at radius 1 is 1.11 bits per heavy atom. The van der Waals surface area contributed by atoms with Crippen molar-refractivity contribution in [1.82, 2.24) is 5.06 Å². The molecule has 0 aliphatic rings. The van der Waals surface area contributed by atoms with Gasteiger partial charge in [-0.25, -0.2) is 0 Å². The average Bonchev–Trinajstić information content (AvgIpc) is 2.66. The van der Waals surface area contributed by atoms with Gasteiger partial charge in [0.2, 0.25) is 0 Å². The monoisotopic (exact) mass is 376 g/mol. The van der Waals surface area contributed by atoms with E-state index in [4.69, 9.17) is 20.4 Å². The zero-order chi connectivity index (χ0) is 19.6. The van der Waals surface area contributed by atoms with Crippen LogP contribution in [0.3, 0.4) is 0 Å². The predicted octanol–water partition coefficient (Wildman–Crippen LogP) is 2.49. The highest BCUT2D eigenvalue weighted by atomic mass is 16.7. The van der Waals surface area contributed by atoms with Gasteiger partial charge in [-0.15, -0.1) is 0 Å². The lowest BCUT2D eigenvalue weighted by atomic mass is 10.2. The van der Waals surface area contributed by atoms with Crippen LogP contribution in [0, 0.1) is 0 Å². The third-order valence-corrected chi connectivity index (χ3v) is 3.97. The van der Waals surface area contributed by atoms with Crippen molar-refractivity contribution in [2.24, 2.45) is 5.73 Å². The molecule has 2 rings (SSSR count). The molecule has 0 fully saturated rings. The summed E-state index contributed by atoms with van der Waals surface area (Å²) in [5, 5.41) is 30.4. The van der Waals surface area contributed by atoms with Crippen LogP contribution in [0.25, 0.3) is 0 Å². The fourth-order valence-corrected chi connectivity index (χ4v) is 2.46. The number of ether oxygens (including phenoxy) is 1. The SMILES string of the molecule is CCCCN(Cc1ccc(OCC(N)O)cc1)OCc1cccc(O)c1O. The molecule has 2 aromatic carbocycles. The molecule has 1 unspecified atom stereocenters. The molecule has 7 nitrogen and oxygen atoms in total. The quantitative estimate of drug-likeness (QED) is 0.271. The molecule has 0 saturated heterocycles. The number of rotatable bonds is 11. The molecule has 0 aromatic heterocycles. The third-order valence-electron chi connectivity index (χ3n) is 3.97. The van der Waals surface area contributed by atoms with E-state index in [9.17, 15) is 10.2 Å². The van der Waals surface area contributed by atoms with Gasteiger partial charge in [-0.2, -0.15) is 5.06 Å². The van der Waals surface area contributed by atoms with Gasteiger partial charge in [-0.05, 0) is 30.2 Å². The van der Waals surface area contributed by atoms with Crippen LogP contribution in [0.4, 0.5) is 0 Å². The van der Waals surface area contributed by atoms with E-state index in [-0.39, 0.29) is 24.7 Å². The standard InChI is InChI=1S/C20H28N2O5/c1-2-3-11-22(27-13-16-5-4-6-18(23)20(16)25)12-15-7-9-17(10-8-15)26-14-19(21)24/h4-10,19,23-25H,2-3,11-14,21H2,1H3. The molecule has 148 valence electrons. The van der Waals surface area contributed by atoms with Crippen LogP contribution in [-0.2, 0) is 18.0 Å². The van der Waals surface area contributed by atoms with Crippen molar-refractivity contribution in [3.63, 3.8) is 0 Å². The second kappa shape index (κ2) is 10.7. The number of benzene rings is 2. The summed E-state index contributed by atoms with van der Waals surface area (Å²) in [5.74, 6) is 0.319. The number of nitrogens with two attached hydrogens (primary N) is 1. The molecule has 2 aromatic rings. The minimum absolute atomic E-state index is 0.0402. The van der Waals surface area contributed by atoms with Gasteiger partial charge < -0.3 is 25.8 Å². The lowest BCUT2D eigenvalue weighted by molar-refractivity contribution is -0.177. The zero-order valence-corrected chi connectivity index (χ0v) is 15.5. The number of para-hydroxylation sites is 1. The average molecular weight is 376 g/mol. The number of hydroxylamine groups is 2. The Balaban J connectivity index is 1.96. The van der Waals surface area contributed by atoms with E-state index in [1.165, 1.54) is 6.07 Å². The van der Waals surface area contributed by atoms with Crippen molar-refractivity contribution in [3.05, 3.63) is 53.6 Å². The second-order valence-corrected chi connectivity index (χ2v) is 6.30. The molecule has 0 saturated carbocycles. The fraction of sp³-hybridized carbons (Fsp3) is 0.400. The summed E-state index contributed by atoms with van der Waals surface area (Å²) in [5.41, 5.74) is 6.82. The number of phenols is 2. The van der Waals surface area contributed by atoms with Crippen molar-refractivity contribution in [1.29, 1.82) is 0 Å². The van der Waals surface area contributed by atoms with Crippen molar-refractivity contribution < 1.29 is 24.9 Å². The molecule has 0 spiro atoms. The number of hydrogen-bond donors (Lipinski definition) is 4. The first-order valence-electron chi connectivity index (χ1n) is 9.02. The number of aromatic hydroxyl groups is 2. The summed E-state index contributed by atoms with van der Waals surface area (Å²) in [4.78, 5) is 5.86.